The monoisotopic (exact) mass is 269 g/mol. The van der Waals surface area contributed by atoms with E-state index in [2.05, 4.69) is 13.8 Å². The summed E-state index contributed by atoms with van der Waals surface area (Å²) in [6.45, 7) is 5.57. The molecule has 0 aromatic heterocycles. The molecule has 1 aliphatic heterocycles. The van der Waals surface area contributed by atoms with Gasteiger partial charge in [0.2, 0.25) is 0 Å². The molecule has 1 fully saturated rings. The third-order valence-electron chi connectivity index (χ3n) is 3.33. The van der Waals surface area contributed by atoms with E-state index in [9.17, 15) is 9.18 Å². The zero-order valence-electron chi connectivity index (χ0n) is 10.6. The van der Waals surface area contributed by atoms with Gasteiger partial charge in [0.25, 0.3) is 5.91 Å². The number of amides is 1. The number of carbonyl (C=O) groups is 1. The van der Waals surface area contributed by atoms with E-state index >= 15 is 0 Å². The van der Waals surface area contributed by atoms with Crippen molar-refractivity contribution in [2.24, 2.45) is 11.8 Å². The van der Waals surface area contributed by atoms with Gasteiger partial charge in [0, 0.05) is 13.1 Å². The van der Waals surface area contributed by atoms with Gasteiger partial charge in [0.1, 0.15) is 5.82 Å². The summed E-state index contributed by atoms with van der Waals surface area (Å²) in [5, 5.41) is 0.186. The smallest absolute Gasteiger partial charge is 0.258 e. The van der Waals surface area contributed by atoms with Crippen LogP contribution in [0.15, 0.2) is 18.2 Å². The molecule has 0 unspecified atom stereocenters. The van der Waals surface area contributed by atoms with Crippen LogP contribution in [0.2, 0.25) is 5.02 Å². The predicted octanol–water partition coefficient (Wildman–Crippen LogP) is 3.60. The summed E-state index contributed by atoms with van der Waals surface area (Å²) in [7, 11) is 0. The van der Waals surface area contributed by atoms with Crippen LogP contribution < -0.4 is 0 Å². The van der Waals surface area contributed by atoms with Gasteiger partial charge in [-0.1, -0.05) is 31.5 Å². The van der Waals surface area contributed by atoms with E-state index in [1.54, 1.807) is 11.0 Å². The molecule has 1 saturated heterocycles. The molecule has 2 rings (SSSR count). The van der Waals surface area contributed by atoms with E-state index in [1.807, 2.05) is 0 Å². The first-order valence-electron chi connectivity index (χ1n) is 6.22. The van der Waals surface area contributed by atoms with Crippen LogP contribution in [0, 0.1) is 17.7 Å². The lowest BCUT2D eigenvalue weighted by atomic mass is 9.91. The van der Waals surface area contributed by atoms with E-state index < -0.39 is 5.82 Å². The third-order valence-corrected chi connectivity index (χ3v) is 3.65. The van der Waals surface area contributed by atoms with Gasteiger partial charge in [0.05, 0.1) is 10.6 Å². The summed E-state index contributed by atoms with van der Waals surface area (Å²) >= 11 is 5.93. The van der Waals surface area contributed by atoms with Gasteiger partial charge in [-0.2, -0.15) is 0 Å². The Kier molecular flexibility index (Phi) is 3.91. The first kappa shape index (κ1) is 13.3. The van der Waals surface area contributed by atoms with Crippen molar-refractivity contribution in [1.29, 1.82) is 0 Å². The Bertz CT molecular complexity index is 433. The van der Waals surface area contributed by atoms with Crippen molar-refractivity contribution in [3.63, 3.8) is 0 Å². The van der Waals surface area contributed by atoms with Gasteiger partial charge in [-0.15, -0.1) is 0 Å². The minimum Gasteiger partial charge on any atom is -0.338 e. The number of likely N-dealkylation sites (tertiary alicyclic amines) is 1. The standard InChI is InChI=1S/C14H17ClFNO/c1-9-6-10(2)8-17(7-9)14(18)13-11(15)4-3-5-12(13)16/h3-5,9-10H,6-8H2,1-2H3/t9-,10-/m0/s1. The molecule has 2 atom stereocenters. The molecular weight excluding hydrogens is 253 g/mol. The van der Waals surface area contributed by atoms with E-state index in [-0.39, 0.29) is 16.5 Å². The van der Waals surface area contributed by atoms with E-state index in [4.69, 9.17) is 11.6 Å². The molecule has 1 aliphatic rings. The normalized spacial score (nSPS) is 24.1. The van der Waals surface area contributed by atoms with Gasteiger partial charge in [-0.25, -0.2) is 4.39 Å². The summed E-state index contributed by atoms with van der Waals surface area (Å²) in [5.41, 5.74) is 0.000432. The summed E-state index contributed by atoms with van der Waals surface area (Å²) in [4.78, 5) is 14.0. The van der Waals surface area contributed by atoms with Crippen LogP contribution in [0.3, 0.4) is 0 Å². The lowest BCUT2D eigenvalue weighted by molar-refractivity contribution is 0.0618. The Morgan fingerprint density at radius 1 is 1.33 bits per heavy atom. The maximum atomic E-state index is 13.7. The van der Waals surface area contributed by atoms with E-state index in [1.165, 1.54) is 12.1 Å². The molecule has 0 bridgehead atoms. The van der Waals surface area contributed by atoms with Crippen LogP contribution in [0.25, 0.3) is 0 Å². The summed E-state index contributed by atoms with van der Waals surface area (Å²) in [6, 6.07) is 4.33. The molecule has 18 heavy (non-hydrogen) atoms. The Morgan fingerprint density at radius 3 is 2.50 bits per heavy atom. The minimum absolute atomic E-state index is 0.000432. The molecule has 0 spiro atoms. The second-order valence-electron chi connectivity index (χ2n) is 5.25. The number of rotatable bonds is 1. The number of halogens is 2. The number of nitrogens with zero attached hydrogens (tertiary/aromatic N) is 1. The highest BCUT2D eigenvalue weighted by molar-refractivity contribution is 6.33. The highest BCUT2D eigenvalue weighted by Crippen LogP contribution is 2.26. The zero-order valence-corrected chi connectivity index (χ0v) is 11.4. The number of benzene rings is 1. The van der Waals surface area contributed by atoms with Crippen LogP contribution in [0.5, 0.6) is 0 Å². The highest BCUT2D eigenvalue weighted by Gasteiger charge is 2.28. The second kappa shape index (κ2) is 5.27. The van der Waals surface area contributed by atoms with Crippen LogP contribution in [-0.2, 0) is 0 Å². The molecule has 1 amide bonds. The predicted molar refractivity (Wildman–Crippen MR) is 70.3 cm³/mol. The van der Waals surface area contributed by atoms with Crippen LogP contribution in [-0.4, -0.2) is 23.9 Å². The second-order valence-corrected chi connectivity index (χ2v) is 5.66. The van der Waals surface area contributed by atoms with Crippen molar-refractivity contribution in [3.8, 4) is 0 Å². The Hall–Kier alpha value is -1.09. The minimum atomic E-state index is -0.543. The zero-order chi connectivity index (χ0) is 13.3. The summed E-state index contributed by atoms with van der Waals surface area (Å²) in [6.07, 6.45) is 1.11. The first-order valence-corrected chi connectivity index (χ1v) is 6.60. The lowest BCUT2D eigenvalue weighted by Gasteiger charge is -2.35. The molecule has 1 heterocycles. The molecule has 4 heteroatoms. The van der Waals surface area contributed by atoms with Crippen LogP contribution >= 0.6 is 11.6 Å². The maximum absolute atomic E-state index is 13.7. The van der Waals surface area contributed by atoms with Crippen molar-refractivity contribution in [2.75, 3.05) is 13.1 Å². The van der Waals surface area contributed by atoms with Crippen molar-refractivity contribution in [3.05, 3.63) is 34.6 Å². The first-order chi connectivity index (χ1) is 8.49. The van der Waals surface area contributed by atoms with Gasteiger partial charge in [0.15, 0.2) is 0 Å². The molecule has 1 aromatic carbocycles. The molecule has 0 aliphatic carbocycles. The molecule has 0 saturated carbocycles. The van der Waals surface area contributed by atoms with Gasteiger partial charge < -0.3 is 4.90 Å². The third kappa shape index (κ3) is 2.66. The topological polar surface area (TPSA) is 20.3 Å². The van der Waals surface area contributed by atoms with Crippen LogP contribution in [0.1, 0.15) is 30.6 Å². The average Bonchev–Trinajstić information content (AvgIpc) is 2.27. The average molecular weight is 270 g/mol. The van der Waals surface area contributed by atoms with Crippen molar-refractivity contribution < 1.29 is 9.18 Å². The molecule has 1 aromatic rings. The van der Waals surface area contributed by atoms with E-state index in [0.717, 1.165) is 6.42 Å². The largest absolute Gasteiger partial charge is 0.338 e. The molecule has 0 N–H and O–H groups in total. The summed E-state index contributed by atoms with van der Waals surface area (Å²) < 4.78 is 13.7. The quantitative estimate of drug-likeness (QED) is 0.763. The number of carbonyl (C=O) groups excluding carboxylic acids is 1. The number of hydrogen-bond acceptors (Lipinski definition) is 1. The fourth-order valence-corrected chi connectivity index (χ4v) is 2.93. The Balaban J connectivity index is 2.26. The molecule has 0 radical (unpaired) electrons. The van der Waals surface area contributed by atoms with Crippen molar-refractivity contribution in [2.45, 2.75) is 20.3 Å². The maximum Gasteiger partial charge on any atom is 0.258 e. The van der Waals surface area contributed by atoms with Gasteiger partial charge in [-0.05, 0) is 30.4 Å². The fourth-order valence-electron chi connectivity index (χ4n) is 2.69. The van der Waals surface area contributed by atoms with E-state index in [0.29, 0.717) is 24.9 Å². The Morgan fingerprint density at radius 2 is 1.94 bits per heavy atom. The van der Waals surface area contributed by atoms with Crippen molar-refractivity contribution in [1.82, 2.24) is 4.90 Å². The van der Waals surface area contributed by atoms with Gasteiger partial charge in [-0.3, -0.25) is 4.79 Å². The van der Waals surface area contributed by atoms with Gasteiger partial charge >= 0.3 is 0 Å². The molecule has 2 nitrogen and oxygen atoms in total. The SMILES string of the molecule is C[C@H]1C[C@H](C)CN(C(=O)c2c(F)cccc2Cl)C1. The van der Waals surface area contributed by atoms with Crippen LogP contribution in [0.4, 0.5) is 4.39 Å². The number of piperidine rings is 1. The molecule has 98 valence electrons. The number of hydrogen-bond donors (Lipinski definition) is 0. The summed E-state index contributed by atoms with van der Waals surface area (Å²) in [5.74, 6) is 0.0568. The Labute approximate surface area is 112 Å². The lowest BCUT2D eigenvalue weighted by Crippen LogP contribution is -2.43. The highest BCUT2D eigenvalue weighted by atomic mass is 35.5. The fraction of sp³-hybridized carbons (Fsp3) is 0.500. The molecular formula is C14H17ClFNO. The van der Waals surface area contributed by atoms with Crippen molar-refractivity contribution >= 4 is 17.5 Å².